The van der Waals surface area contributed by atoms with Gasteiger partial charge in [0.15, 0.2) is 0 Å². The molecule has 0 bridgehead atoms. The third-order valence-corrected chi connectivity index (χ3v) is 5.99. The van der Waals surface area contributed by atoms with Gasteiger partial charge in [-0.2, -0.15) is 0 Å². The smallest absolute Gasteiger partial charge is 0.0701 e. The molecule has 84 valence electrons. The van der Waals surface area contributed by atoms with Crippen LogP contribution in [0.25, 0.3) is 0 Å². The second-order valence-electron chi connectivity index (χ2n) is 4.14. The molecule has 1 aliphatic heterocycles. The SMILES string of the molecule is CC1OCCC1(CBr)Cc1ccc(Br)s1. The lowest BCUT2D eigenvalue weighted by molar-refractivity contribution is 0.0750. The molecule has 0 aliphatic carbocycles. The second-order valence-corrected chi connectivity index (χ2v) is 7.25. The first-order chi connectivity index (χ1) is 7.16. The summed E-state index contributed by atoms with van der Waals surface area (Å²) in [6, 6.07) is 4.34. The molecule has 0 saturated carbocycles. The van der Waals surface area contributed by atoms with Crippen molar-refractivity contribution in [1.82, 2.24) is 0 Å². The van der Waals surface area contributed by atoms with Gasteiger partial charge in [-0.15, -0.1) is 11.3 Å². The highest BCUT2D eigenvalue weighted by Crippen LogP contribution is 2.41. The minimum Gasteiger partial charge on any atom is -0.378 e. The summed E-state index contributed by atoms with van der Waals surface area (Å²) in [6.45, 7) is 3.09. The maximum Gasteiger partial charge on any atom is 0.0701 e. The Balaban J connectivity index is 2.14. The number of hydrogen-bond acceptors (Lipinski definition) is 2. The minimum atomic E-state index is 0.296. The molecule has 4 heteroatoms. The van der Waals surface area contributed by atoms with Crippen LogP contribution in [0, 0.1) is 5.41 Å². The summed E-state index contributed by atoms with van der Waals surface area (Å²) >= 11 is 8.99. The van der Waals surface area contributed by atoms with E-state index < -0.39 is 0 Å². The summed E-state index contributed by atoms with van der Waals surface area (Å²) in [5.74, 6) is 0. The molecule has 0 aromatic carbocycles. The predicted molar refractivity (Wildman–Crippen MR) is 72.0 cm³/mol. The van der Waals surface area contributed by atoms with E-state index in [9.17, 15) is 0 Å². The number of alkyl halides is 1. The van der Waals surface area contributed by atoms with Crippen LogP contribution in [-0.2, 0) is 11.2 Å². The van der Waals surface area contributed by atoms with Crippen molar-refractivity contribution < 1.29 is 4.74 Å². The predicted octanol–water partition coefficient (Wildman–Crippen LogP) is 4.24. The third-order valence-electron chi connectivity index (χ3n) is 3.25. The van der Waals surface area contributed by atoms with E-state index in [1.807, 2.05) is 11.3 Å². The van der Waals surface area contributed by atoms with Gasteiger partial charge in [-0.1, -0.05) is 15.9 Å². The summed E-state index contributed by atoms with van der Waals surface area (Å²) in [7, 11) is 0. The van der Waals surface area contributed by atoms with Crippen LogP contribution in [0.1, 0.15) is 18.2 Å². The van der Waals surface area contributed by atoms with Crippen molar-refractivity contribution in [3.05, 3.63) is 20.8 Å². The summed E-state index contributed by atoms with van der Waals surface area (Å²) in [6.07, 6.45) is 2.64. The van der Waals surface area contributed by atoms with E-state index in [4.69, 9.17) is 4.74 Å². The van der Waals surface area contributed by atoms with Crippen molar-refractivity contribution in [2.24, 2.45) is 5.41 Å². The van der Waals surface area contributed by atoms with Crippen LogP contribution in [-0.4, -0.2) is 18.0 Å². The summed E-state index contributed by atoms with van der Waals surface area (Å²) in [5.41, 5.74) is 0.296. The zero-order valence-corrected chi connectivity index (χ0v) is 12.6. The van der Waals surface area contributed by atoms with Crippen LogP contribution in [0.4, 0.5) is 0 Å². The fraction of sp³-hybridized carbons (Fsp3) is 0.636. The molecule has 0 spiro atoms. The summed E-state index contributed by atoms with van der Waals surface area (Å²) < 4.78 is 6.92. The number of rotatable bonds is 3. The first-order valence-corrected chi connectivity index (χ1v) is 7.81. The van der Waals surface area contributed by atoms with Gasteiger partial charge in [-0.3, -0.25) is 0 Å². The maximum absolute atomic E-state index is 5.70. The van der Waals surface area contributed by atoms with Crippen LogP contribution in [0.5, 0.6) is 0 Å². The molecule has 1 saturated heterocycles. The fourth-order valence-electron chi connectivity index (χ4n) is 2.07. The number of ether oxygens (including phenoxy) is 1. The van der Waals surface area contributed by atoms with Crippen LogP contribution < -0.4 is 0 Å². The van der Waals surface area contributed by atoms with E-state index in [1.165, 1.54) is 8.66 Å². The van der Waals surface area contributed by atoms with Gasteiger partial charge in [0.2, 0.25) is 0 Å². The minimum absolute atomic E-state index is 0.296. The molecule has 0 amide bonds. The normalized spacial score (nSPS) is 31.0. The van der Waals surface area contributed by atoms with Gasteiger partial charge < -0.3 is 4.74 Å². The van der Waals surface area contributed by atoms with Gasteiger partial charge in [-0.05, 0) is 47.8 Å². The van der Waals surface area contributed by atoms with Crippen molar-refractivity contribution in [3.63, 3.8) is 0 Å². The Kier molecular flexibility index (Phi) is 3.92. The first kappa shape index (κ1) is 12.1. The average molecular weight is 354 g/mol. The van der Waals surface area contributed by atoms with E-state index in [0.717, 1.165) is 24.8 Å². The van der Waals surface area contributed by atoms with Gasteiger partial charge in [-0.25, -0.2) is 0 Å². The molecule has 0 N–H and O–H groups in total. The highest BCUT2D eigenvalue weighted by atomic mass is 79.9. The standard InChI is InChI=1S/C11H14Br2OS/c1-8-11(7-12,4-5-14-8)6-9-2-3-10(13)15-9/h2-3,8H,4-7H2,1H3. The highest BCUT2D eigenvalue weighted by Gasteiger charge is 2.40. The molecule has 0 radical (unpaired) electrons. The van der Waals surface area contributed by atoms with Crippen molar-refractivity contribution in [2.75, 3.05) is 11.9 Å². The molecule has 15 heavy (non-hydrogen) atoms. The van der Waals surface area contributed by atoms with Crippen LogP contribution >= 0.6 is 43.2 Å². The van der Waals surface area contributed by atoms with Crippen LogP contribution in [0.3, 0.4) is 0 Å². The topological polar surface area (TPSA) is 9.23 Å². The van der Waals surface area contributed by atoms with Crippen molar-refractivity contribution in [3.8, 4) is 0 Å². The zero-order chi connectivity index (χ0) is 10.9. The van der Waals surface area contributed by atoms with E-state index >= 15 is 0 Å². The lowest BCUT2D eigenvalue weighted by Crippen LogP contribution is -2.32. The maximum atomic E-state index is 5.70. The van der Waals surface area contributed by atoms with Gasteiger partial charge in [0.1, 0.15) is 0 Å². The first-order valence-electron chi connectivity index (χ1n) is 5.08. The van der Waals surface area contributed by atoms with Gasteiger partial charge >= 0.3 is 0 Å². The van der Waals surface area contributed by atoms with E-state index in [-0.39, 0.29) is 0 Å². The molecular weight excluding hydrogens is 340 g/mol. The quantitative estimate of drug-likeness (QED) is 0.738. The number of thiophene rings is 1. The van der Waals surface area contributed by atoms with Gasteiger partial charge in [0.25, 0.3) is 0 Å². The van der Waals surface area contributed by atoms with E-state index in [2.05, 4.69) is 50.9 Å². The summed E-state index contributed by atoms with van der Waals surface area (Å²) in [4.78, 5) is 1.44. The number of hydrogen-bond donors (Lipinski definition) is 0. The molecule has 1 aromatic heterocycles. The second kappa shape index (κ2) is 4.86. The Morgan fingerprint density at radius 1 is 1.60 bits per heavy atom. The summed E-state index contributed by atoms with van der Waals surface area (Å²) in [5, 5.41) is 1.02. The average Bonchev–Trinajstić information content (AvgIpc) is 2.76. The Morgan fingerprint density at radius 2 is 2.40 bits per heavy atom. The van der Waals surface area contributed by atoms with Crippen LogP contribution in [0.2, 0.25) is 0 Å². The fourth-order valence-corrected chi connectivity index (χ4v) is 4.64. The van der Waals surface area contributed by atoms with Crippen molar-refractivity contribution >= 4 is 43.2 Å². The Hall–Kier alpha value is 0.620. The van der Waals surface area contributed by atoms with E-state index in [1.54, 1.807) is 0 Å². The molecule has 2 atom stereocenters. The Labute approximate surface area is 111 Å². The van der Waals surface area contributed by atoms with Gasteiger partial charge in [0.05, 0.1) is 9.89 Å². The monoisotopic (exact) mass is 352 g/mol. The largest absolute Gasteiger partial charge is 0.378 e. The lowest BCUT2D eigenvalue weighted by Gasteiger charge is -2.29. The molecule has 1 fully saturated rings. The van der Waals surface area contributed by atoms with Crippen LogP contribution in [0.15, 0.2) is 15.9 Å². The Morgan fingerprint density at radius 3 is 2.87 bits per heavy atom. The highest BCUT2D eigenvalue weighted by molar-refractivity contribution is 9.11. The number of halogens is 2. The molecular formula is C11H14Br2OS. The molecule has 2 unspecified atom stereocenters. The van der Waals surface area contributed by atoms with E-state index in [0.29, 0.717) is 11.5 Å². The molecule has 2 heterocycles. The van der Waals surface area contributed by atoms with Crippen molar-refractivity contribution in [2.45, 2.75) is 25.9 Å². The van der Waals surface area contributed by atoms with Crippen molar-refractivity contribution in [1.29, 1.82) is 0 Å². The molecule has 1 nitrogen and oxygen atoms in total. The zero-order valence-electron chi connectivity index (χ0n) is 8.63. The molecule has 1 aromatic rings. The lowest BCUT2D eigenvalue weighted by atomic mass is 9.80. The van der Waals surface area contributed by atoms with Gasteiger partial charge in [0, 0.05) is 22.2 Å². The Bertz CT molecular complexity index is 339. The molecule has 2 rings (SSSR count). The third kappa shape index (κ3) is 2.48. The molecule has 1 aliphatic rings.